The van der Waals surface area contributed by atoms with Crippen molar-refractivity contribution in [2.75, 3.05) is 13.2 Å². The van der Waals surface area contributed by atoms with Crippen LogP contribution in [0.3, 0.4) is 0 Å². The predicted molar refractivity (Wildman–Crippen MR) is 73.4 cm³/mol. The second kappa shape index (κ2) is 6.47. The van der Waals surface area contributed by atoms with Crippen LogP contribution in [0, 0.1) is 19.3 Å². The molecule has 2 N–H and O–H groups in total. The van der Waals surface area contributed by atoms with Gasteiger partial charge in [0, 0.05) is 30.0 Å². The zero-order valence-electron chi connectivity index (χ0n) is 11.3. The molecule has 1 aromatic rings. The van der Waals surface area contributed by atoms with E-state index in [4.69, 9.17) is 0 Å². The summed E-state index contributed by atoms with van der Waals surface area (Å²) in [4.78, 5) is 5.79. The highest BCUT2D eigenvalue weighted by atomic mass is 32.1. The van der Waals surface area contributed by atoms with E-state index in [9.17, 15) is 5.11 Å². The molecule has 0 bridgehead atoms. The molecule has 0 radical (unpaired) electrons. The van der Waals surface area contributed by atoms with Crippen LogP contribution in [-0.2, 0) is 6.54 Å². The average molecular weight is 256 g/mol. The zero-order valence-corrected chi connectivity index (χ0v) is 12.2. The summed E-state index contributed by atoms with van der Waals surface area (Å²) in [6.45, 7) is 10.3. The van der Waals surface area contributed by atoms with Gasteiger partial charge < -0.3 is 10.4 Å². The van der Waals surface area contributed by atoms with Gasteiger partial charge >= 0.3 is 0 Å². The van der Waals surface area contributed by atoms with Crippen molar-refractivity contribution < 1.29 is 5.11 Å². The van der Waals surface area contributed by atoms with Crippen LogP contribution < -0.4 is 5.32 Å². The number of nitrogens with one attached hydrogen (secondary N) is 1. The number of aliphatic hydroxyl groups is 1. The minimum absolute atomic E-state index is 0.0291. The summed E-state index contributed by atoms with van der Waals surface area (Å²) < 4.78 is 0. The maximum absolute atomic E-state index is 9.47. The maximum atomic E-state index is 9.47. The van der Waals surface area contributed by atoms with Crippen LogP contribution in [0.1, 0.15) is 42.3 Å². The minimum Gasteiger partial charge on any atom is -0.396 e. The Balaban J connectivity index is 2.46. The van der Waals surface area contributed by atoms with Crippen molar-refractivity contribution in [3.8, 4) is 0 Å². The lowest BCUT2D eigenvalue weighted by molar-refractivity contribution is 0.113. The molecule has 0 aliphatic carbocycles. The molecule has 0 aromatic carbocycles. The summed E-state index contributed by atoms with van der Waals surface area (Å²) in [5.74, 6) is 0. The second-order valence-electron chi connectivity index (χ2n) is 4.72. The number of hydrogen-bond donors (Lipinski definition) is 2. The van der Waals surface area contributed by atoms with Crippen molar-refractivity contribution in [2.24, 2.45) is 5.41 Å². The monoisotopic (exact) mass is 256 g/mol. The van der Waals surface area contributed by atoms with Crippen LogP contribution >= 0.6 is 11.3 Å². The largest absolute Gasteiger partial charge is 0.396 e. The van der Waals surface area contributed by atoms with E-state index >= 15 is 0 Å². The number of rotatable bonds is 7. The van der Waals surface area contributed by atoms with Gasteiger partial charge in [0.25, 0.3) is 0 Å². The molecule has 0 fully saturated rings. The van der Waals surface area contributed by atoms with Gasteiger partial charge in [-0.2, -0.15) is 0 Å². The van der Waals surface area contributed by atoms with Crippen molar-refractivity contribution in [1.82, 2.24) is 10.3 Å². The summed E-state index contributed by atoms with van der Waals surface area (Å²) in [5.41, 5.74) is 1.16. The molecule has 98 valence electrons. The van der Waals surface area contributed by atoms with Gasteiger partial charge in [0.1, 0.15) is 5.01 Å². The Kier molecular flexibility index (Phi) is 5.56. The molecule has 4 heteroatoms. The number of aliphatic hydroxyl groups excluding tert-OH is 1. The molecule has 0 amide bonds. The van der Waals surface area contributed by atoms with Crippen LogP contribution in [0.4, 0.5) is 0 Å². The number of thiazole rings is 1. The SMILES string of the molecule is CCC(CC)(CO)CNCc1nc(C)c(C)s1. The number of aryl methyl sites for hydroxylation is 2. The van der Waals surface area contributed by atoms with E-state index in [1.54, 1.807) is 11.3 Å². The molecule has 0 saturated heterocycles. The number of hydrogen-bond acceptors (Lipinski definition) is 4. The van der Waals surface area contributed by atoms with E-state index in [2.05, 4.69) is 31.1 Å². The van der Waals surface area contributed by atoms with Gasteiger partial charge in [-0.25, -0.2) is 4.98 Å². The Morgan fingerprint density at radius 3 is 2.35 bits per heavy atom. The lowest BCUT2D eigenvalue weighted by Gasteiger charge is -2.29. The molecule has 17 heavy (non-hydrogen) atoms. The third-order valence-electron chi connectivity index (χ3n) is 3.68. The second-order valence-corrected chi connectivity index (χ2v) is 6.01. The number of aromatic nitrogens is 1. The fraction of sp³-hybridized carbons (Fsp3) is 0.769. The molecule has 0 atom stereocenters. The molecular formula is C13H24N2OS. The van der Waals surface area contributed by atoms with E-state index in [1.165, 1.54) is 4.88 Å². The molecule has 0 unspecified atom stereocenters. The Morgan fingerprint density at radius 1 is 1.29 bits per heavy atom. The van der Waals surface area contributed by atoms with Crippen LogP contribution in [-0.4, -0.2) is 23.2 Å². The summed E-state index contributed by atoms with van der Waals surface area (Å²) in [7, 11) is 0. The van der Waals surface area contributed by atoms with E-state index in [-0.39, 0.29) is 12.0 Å². The zero-order chi connectivity index (χ0) is 12.9. The van der Waals surface area contributed by atoms with Gasteiger partial charge in [0.15, 0.2) is 0 Å². The van der Waals surface area contributed by atoms with Gasteiger partial charge in [0.2, 0.25) is 0 Å². The molecule has 0 spiro atoms. The normalized spacial score (nSPS) is 12.1. The lowest BCUT2D eigenvalue weighted by Crippen LogP contribution is -2.36. The quantitative estimate of drug-likeness (QED) is 0.788. The fourth-order valence-corrected chi connectivity index (χ4v) is 2.73. The van der Waals surface area contributed by atoms with Gasteiger partial charge in [-0.1, -0.05) is 13.8 Å². The first-order valence-corrected chi connectivity index (χ1v) is 7.13. The average Bonchev–Trinajstić information content (AvgIpc) is 2.65. The van der Waals surface area contributed by atoms with Crippen LogP contribution in [0.2, 0.25) is 0 Å². The molecule has 1 heterocycles. The Bertz CT molecular complexity index is 317. The standard InChI is InChI=1S/C13H24N2OS/c1-5-13(6-2,9-16)8-14-7-12-15-10(3)11(4)17-12/h14,16H,5-9H2,1-4H3. The Hall–Kier alpha value is -0.450. The fourth-order valence-electron chi connectivity index (χ4n) is 1.83. The summed E-state index contributed by atoms with van der Waals surface area (Å²) >= 11 is 1.75. The van der Waals surface area contributed by atoms with Gasteiger partial charge in [-0.3, -0.25) is 0 Å². The third-order valence-corrected chi connectivity index (χ3v) is 4.76. The predicted octanol–water partition coefficient (Wildman–Crippen LogP) is 2.65. The molecule has 1 aromatic heterocycles. The first-order chi connectivity index (χ1) is 8.06. The number of nitrogens with zero attached hydrogens (tertiary/aromatic N) is 1. The first-order valence-electron chi connectivity index (χ1n) is 6.31. The topological polar surface area (TPSA) is 45.1 Å². The van der Waals surface area contributed by atoms with Gasteiger partial charge in [-0.15, -0.1) is 11.3 Å². The van der Waals surface area contributed by atoms with E-state index < -0.39 is 0 Å². The Morgan fingerprint density at radius 2 is 1.94 bits per heavy atom. The molecule has 0 aliphatic heterocycles. The van der Waals surface area contributed by atoms with Crippen LogP contribution in [0.5, 0.6) is 0 Å². The van der Waals surface area contributed by atoms with E-state index in [1.807, 2.05) is 6.92 Å². The molecule has 1 rings (SSSR count). The molecule has 0 saturated carbocycles. The van der Waals surface area contributed by atoms with Crippen LogP contribution in [0.25, 0.3) is 0 Å². The van der Waals surface area contributed by atoms with Crippen LogP contribution in [0.15, 0.2) is 0 Å². The van der Waals surface area contributed by atoms with E-state index in [0.29, 0.717) is 0 Å². The molecule has 3 nitrogen and oxygen atoms in total. The van der Waals surface area contributed by atoms with Crippen molar-refractivity contribution in [3.63, 3.8) is 0 Å². The summed E-state index contributed by atoms with van der Waals surface area (Å²) in [6, 6.07) is 0. The summed E-state index contributed by atoms with van der Waals surface area (Å²) in [6.07, 6.45) is 2.01. The maximum Gasteiger partial charge on any atom is 0.107 e. The van der Waals surface area contributed by atoms with Gasteiger partial charge in [0.05, 0.1) is 5.69 Å². The molecular weight excluding hydrogens is 232 g/mol. The minimum atomic E-state index is 0.0291. The third kappa shape index (κ3) is 3.76. The van der Waals surface area contributed by atoms with E-state index in [0.717, 1.165) is 36.6 Å². The van der Waals surface area contributed by atoms with Crippen molar-refractivity contribution in [2.45, 2.75) is 47.1 Å². The van der Waals surface area contributed by atoms with Gasteiger partial charge in [-0.05, 0) is 26.7 Å². The van der Waals surface area contributed by atoms with Crippen molar-refractivity contribution in [3.05, 3.63) is 15.6 Å². The smallest absolute Gasteiger partial charge is 0.107 e. The highest BCUT2D eigenvalue weighted by molar-refractivity contribution is 7.11. The highest BCUT2D eigenvalue weighted by Crippen LogP contribution is 2.24. The van der Waals surface area contributed by atoms with Crippen molar-refractivity contribution >= 4 is 11.3 Å². The highest BCUT2D eigenvalue weighted by Gasteiger charge is 2.24. The van der Waals surface area contributed by atoms with Crippen molar-refractivity contribution in [1.29, 1.82) is 0 Å². The molecule has 0 aliphatic rings. The summed E-state index contributed by atoms with van der Waals surface area (Å²) in [5, 5.41) is 14.0. The Labute approximate surface area is 108 Å². The first kappa shape index (κ1) is 14.6. The lowest BCUT2D eigenvalue weighted by atomic mass is 9.83.